The number of carbonyl (C=O) groups excluding carboxylic acids is 2. The first-order valence-electron chi connectivity index (χ1n) is 4.11. The second-order valence-electron chi connectivity index (χ2n) is 3.15. The molecule has 2 N–H and O–H groups in total. The summed E-state index contributed by atoms with van der Waals surface area (Å²) in [5, 5.41) is 10.9. The number of methoxy groups -OCH3 is 1. The molecule has 1 aliphatic carbocycles. The van der Waals surface area contributed by atoms with Gasteiger partial charge in [-0.2, -0.15) is 0 Å². The predicted octanol–water partition coefficient (Wildman–Crippen LogP) is -0.860. The number of esters is 1. The van der Waals surface area contributed by atoms with Crippen molar-refractivity contribution in [2.24, 2.45) is 5.41 Å². The van der Waals surface area contributed by atoms with Crippen molar-refractivity contribution in [3.05, 3.63) is 0 Å². The van der Waals surface area contributed by atoms with Gasteiger partial charge in [0.05, 0.1) is 7.11 Å². The zero-order valence-corrected chi connectivity index (χ0v) is 7.70. The van der Waals surface area contributed by atoms with E-state index in [2.05, 4.69) is 10.1 Å². The zero-order valence-electron chi connectivity index (χ0n) is 7.70. The molecular formula is C8H11NO5. The molecule has 1 fully saturated rings. The van der Waals surface area contributed by atoms with E-state index in [0.29, 0.717) is 12.8 Å². The molecule has 0 aliphatic heterocycles. The molecule has 0 bridgehead atoms. The lowest BCUT2D eigenvalue weighted by Crippen LogP contribution is -2.39. The summed E-state index contributed by atoms with van der Waals surface area (Å²) >= 11 is 0. The molecule has 6 heteroatoms. The van der Waals surface area contributed by atoms with Crippen molar-refractivity contribution in [1.82, 2.24) is 5.32 Å². The van der Waals surface area contributed by atoms with Gasteiger partial charge in [-0.3, -0.25) is 14.4 Å². The van der Waals surface area contributed by atoms with Gasteiger partial charge in [0, 0.05) is 0 Å². The Bertz CT molecular complexity index is 281. The van der Waals surface area contributed by atoms with Crippen molar-refractivity contribution < 1.29 is 24.2 Å². The average molecular weight is 201 g/mol. The van der Waals surface area contributed by atoms with E-state index in [-0.39, 0.29) is 6.54 Å². The summed E-state index contributed by atoms with van der Waals surface area (Å²) in [6.45, 7) is -0.287. The minimum atomic E-state index is -1.30. The molecule has 1 aliphatic rings. The fourth-order valence-electron chi connectivity index (χ4n) is 1.06. The Morgan fingerprint density at radius 3 is 2.36 bits per heavy atom. The number of amides is 1. The number of carboxylic acid groups (broad SMARTS) is 1. The van der Waals surface area contributed by atoms with Crippen LogP contribution in [-0.2, 0) is 19.1 Å². The first-order valence-corrected chi connectivity index (χ1v) is 4.11. The first kappa shape index (κ1) is 10.5. The highest BCUT2D eigenvalue weighted by atomic mass is 16.5. The number of carbonyl (C=O) groups is 3. The minimum absolute atomic E-state index is 0.287. The Labute approximate surface area is 80.2 Å². The molecule has 0 radical (unpaired) electrons. The summed E-state index contributed by atoms with van der Waals surface area (Å²) in [6.07, 6.45) is 0.657. The number of nitrogens with one attached hydrogen (secondary N) is 1. The Morgan fingerprint density at radius 2 is 2.00 bits per heavy atom. The van der Waals surface area contributed by atoms with Gasteiger partial charge in [-0.05, 0) is 12.8 Å². The number of aliphatic carboxylic acids is 1. The number of hydrogen-bond acceptors (Lipinski definition) is 4. The van der Waals surface area contributed by atoms with Crippen molar-refractivity contribution in [1.29, 1.82) is 0 Å². The van der Waals surface area contributed by atoms with Crippen LogP contribution in [-0.4, -0.2) is 36.6 Å². The lowest BCUT2D eigenvalue weighted by Gasteiger charge is -2.09. The molecule has 6 nitrogen and oxygen atoms in total. The van der Waals surface area contributed by atoms with Gasteiger partial charge in [0.25, 0.3) is 0 Å². The van der Waals surface area contributed by atoms with Crippen molar-refractivity contribution in [2.75, 3.05) is 13.7 Å². The van der Waals surface area contributed by atoms with Crippen LogP contribution in [0.3, 0.4) is 0 Å². The molecule has 0 heterocycles. The van der Waals surface area contributed by atoms with Gasteiger partial charge in [0.2, 0.25) is 5.91 Å². The summed E-state index contributed by atoms with van der Waals surface area (Å²) in [7, 11) is 1.19. The first-order chi connectivity index (χ1) is 6.53. The summed E-state index contributed by atoms with van der Waals surface area (Å²) in [4.78, 5) is 32.6. The highest BCUT2D eigenvalue weighted by Gasteiger charge is 2.57. The fraction of sp³-hybridized carbons (Fsp3) is 0.625. The van der Waals surface area contributed by atoms with E-state index in [1.165, 1.54) is 7.11 Å². The van der Waals surface area contributed by atoms with E-state index in [1.807, 2.05) is 0 Å². The molecule has 0 aromatic heterocycles. The maximum atomic E-state index is 11.3. The maximum Gasteiger partial charge on any atom is 0.325 e. The molecule has 14 heavy (non-hydrogen) atoms. The molecule has 0 spiro atoms. The standard InChI is InChI=1S/C8H11NO5/c1-14-5(10)4-9-6(11)8(2-3-8)7(12)13/h2-4H2,1H3,(H,9,11)(H,12,13). The van der Waals surface area contributed by atoms with Crippen LogP contribution >= 0.6 is 0 Å². The topological polar surface area (TPSA) is 92.7 Å². The van der Waals surface area contributed by atoms with Crippen molar-refractivity contribution in [3.8, 4) is 0 Å². The Balaban J connectivity index is 2.43. The molecular weight excluding hydrogens is 190 g/mol. The maximum absolute atomic E-state index is 11.3. The third kappa shape index (κ3) is 1.84. The smallest absolute Gasteiger partial charge is 0.325 e. The van der Waals surface area contributed by atoms with Crippen LogP contribution < -0.4 is 5.32 Å². The average Bonchev–Trinajstić information content (AvgIpc) is 2.94. The summed E-state index contributed by atoms with van der Waals surface area (Å²) in [5.74, 6) is -2.35. The molecule has 78 valence electrons. The molecule has 1 amide bonds. The predicted molar refractivity (Wildman–Crippen MR) is 44.3 cm³/mol. The van der Waals surface area contributed by atoms with Crippen LogP contribution in [0.1, 0.15) is 12.8 Å². The van der Waals surface area contributed by atoms with E-state index in [4.69, 9.17) is 5.11 Å². The van der Waals surface area contributed by atoms with E-state index >= 15 is 0 Å². The van der Waals surface area contributed by atoms with E-state index in [9.17, 15) is 14.4 Å². The molecule has 0 unspecified atom stereocenters. The molecule has 1 saturated carbocycles. The minimum Gasteiger partial charge on any atom is -0.480 e. The van der Waals surface area contributed by atoms with Crippen LogP contribution in [0, 0.1) is 5.41 Å². The van der Waals surface area contributed by atoms with Gasteiger partial charge in [-0.25, -0.2) is 0 Å². The summed E-state index contributed by atoms with van der Waals surface area (Å²) < 4.78 is 4.29. The lowest BCUT2D eigenvalue weighted by molar-refractivity contribution is -0.150. The zero-order chi connectivity index (χ0) is 10.8. The second kappa shape index (κ2) is 3.65. The molecule has 1 rings (SSSR count). The second-order valence-corrected chi connectivity index (χ2v) is 3.15. The lowest BCUT2D eigenvalue weighted by atomic mass is 10.1. The third-order valence-electron chi connectivity index (χ3n) is 2.21. The Hall–Kier alpha value is -1.59. The fourth-order valence-corrected chi connectivity index (χ4v) is 1.06. The molecule has 0 atom stereocenters. The van der Waals surface area contributed by atoms with Crippen LogP contribution in [0.5, 0.6) is 0 Å². The summed E-state index contributed by atoms with van der Waals surface area (Å²) in [5.41, 5.74) is -1.30. The summed E-state index contributed by atoms with van der Waals surface area (Å²) in [6, 6.07) is 0. The Morgan fingerprint density at radius 1 is 1.43 bits per heavy atom. The normalized spacial score (nSPS) is 16.9. The van der Waals surface area contributed by atoms with E-state index < -0.39 is 23.3 Å². The third-order valence-corrected chi connectivity index (χ3v) is 2.21. The monoisotopic (exact) mass is 201 g/mol. The van der Waals surface area contributed by atoms with E-state index in [1.54, 1.807) is 0 Å². The van der Waals surface area contributed by atoms with Crippen LogP contribution in [0.25, 0.3) is 0 Å². The van der Waals surface area contributed by atoms with Crippen LogP contribution in [0.15, 0.2) is 0 Å². The molecule has 0 aromatic carbocycles. The molecule has 0 saturated heterocycles. The highest BCUT2D eigenvalue weighted by Crippen LogP contribution is 2.45. The van der Waals surface area contributed by atoms with Gasteiger partial charge in [0.1, 0.15) is 12.0 Å². The van der Waals surface area contributed by atoms with Gasteiger partial charge in [-0.1, -0.05) is 0 Å². The van der Waals surface area contributed by atoms with Gasteiger partial charge in [0.15, 0.2) is 0 Å². The number of carboxylic acids is 1. The van der Waals surface area contributed by atoms with Crippen molar-refractivity contribution >= 4 is 17.8 Å². The quantitative estimate of drug-likeness (QED) is 0.456. The molecule has 0 aromatic rings. The number of hydrogen-bond donors (Lipinski definition) is 2. The van der Waals surface area contributed by atoms with Gasteiger partial charge < -0.3 is 15.2 Å². The van der Waals surface area contributed by atoms with Gasteiger partial charge in [-0.15, -0.1) is 0 Å². The van der Waals surface area contributed by atoms with Gasteiger partial charge >= 0.3 is 11.9 Å². The van der Waals surface area contributed by atoms with E-state index in [0.717, 1.165) is 0 Å². The number of rotatable bonds is 4. The van der Waals surface area contributed by atoms with Crippen LogP contribution in [0.2, 0.25) is 0 Å². The van der Waals surface area contributed by atoms with Crippen molar-refractivity contribution in [2.45, 2.75) is 12.8 Å². The van der Waals surface area contributed by atoms with Crippen LogP contribution in [0.4, 0.5) is 0 Å². The largest absolute Gasteiger partial charge is 0.480 e. The highest BCUT2D eigenvalue weighted by molar-refractivity contribution is 6.05. The van der Waals surface area contributed by atoms with Crippen molar-refractivity contribution in [3.63, 3.8) is 0 Å². The SMILES string of the molecule is COC(=O)CNC(=O)C1(C(=O)O)CC1. The number of ether oxygens (including phenoxy) is 1. The Kier molecular flexibility index (Phi) is 2.73.